The molecule has 0 aliphatic heterocycles. The summed E-state index contributed by atoms with van der Waals surface area (Å²) >= 11 is 3.70. The van der Waals surface area contributed by atoms with Crippen molar-refractivity contribution < 1.29 is 0 Å². The largest absolute Gasteiger partial charge is 0.309 e. The van der Waals surface area contributed by atoms with Crippen LogP contribution in [0.1, 0.15) is 11.8 Å². The van der Waals surface area contributed by atoms with E-state index in [0.29, 0.717) is 6.04 Å². The van der Waals surface area contributed by atoms with Crippen molar-refractivity contribution in [3.63, 3.8) is 0 Å². The van der Waals surface area contributed by atoms with E-state index in [-0.39, 0.29) is 0 Å². The van der Waals surface area contributed by atoms with Crippen molar-refractivity contribution >= 4 is 23.1 Å². The predicted molar refractivity (Wildman–Crippen MR) is 59.0 cm³/mol. The highest BCUT2D eigenvalue weighted by atomic mass is 32.2. The van der Waals surface area contributed by atoms with Crippen molar-refractivity contribution in [1.29, 1.82) is 0 Å². The van der Waals surface area contributed by atoms with Crippen molar-refractivity contribution in [3.05, 3.63) is 22.4 Å². The van der Waals surface area contributed by atoms with Gasteiger partial charge in [0.2, 0.25) is 0 Å². The van der Waals surface area contributed by atoms with E-state index in [1.807, 2.05) is 23.1 Å². The lowest BCUT2D eigenvalue weighted by molar-refractivity contribution is 0.601. The van der Waals surface area contributed by atoms with Crippen LogP contribution in [0.15, 0.2) is 17.5 Å². The van der Waals surface area contributed by atoms with E-state index >= 15 is 0 Å². The van der Waals surface area contributed by atoms with Crippen molar-refractivity contribution in [2.75, 3.05) is 12.0 Å². The lowest BCUT2D eigenvalue weighted by Gasteiger charge is -2.10. The molecule has 0 aromatic carbocycles. The predicted octanol–water partition coefficient (Wildman–Crippen LogP) is 2.59. The van der Waals surface area contributed by atoms with Crippen LogP contribution in [0.2, 0.25) is 0 Å². The summed E-state index contributed by atoms with van der Waals surface area (Å²) in [5.74, 6) is 1.19. The van der Waals surface area contributed by atoms with E-state index in [9.17, 15) is 0 Å². The summed E-state index contributed by atoms with van der Waals surface area (Å²) in [5, 5.41) is 5.60. The van der Waals surface area contributed by atoms with E-state index in [0.717, 1.165) is 6.54 Å². The standard InChI is InChI=1S/C9H15NS2/c1-8(7-11-2)10-6-9-4-3-5-12-9/h3-5,8,10H,6-7H2,1-2H3. The van der Waals surface area contributed by atoms with Gasteiger partial charge in [-0.25, -0.2) is 0 Å². The maximum atomic E-state index is 3.48. The van der Waals surface area contributed by atoms with Crippen molar-refractivity contribution in [3.8, 4) is 0 Å². The molecule has 0 bridgehead atoms. The topological polar surface area (TPSA) is 12.0 Å². The Labute approximate surface area is 82.6 Å². The lowest BCUT2D eigenvalue weighted by atomic mass is 10.3. The number of hydrogen-bond donors (Lipinski definition) is 1. The zero-order valence-electron chi connectivity index (χ0n) is 7.54. The first kappa shape index (κ1) is 10.1. The highest BCUT2D eigenvalue weighted by molar-refractivity contribution is 7.98. The average molecular weight is 201 g/mol. The van der Waals surface area contributed by atoms with Crippen LogP contribution >= 0.6 is 23.1 Å². The quantitative estimate of drug-likeness (QED) is 0.786. The van der Waals surface area contributed by atoms with Crippen LogP contribution in [0.5, 0.6) is 0 Å². The van der Waals surface area contributed by atoms with E-state index < -0.39 is 0 Å². The van der Waals surface area contributed by atoms with Gasteiger partial charge in [-0.15, -0.1) is 11.3 Å². The number of thiophene rings is 1. The Morgan fingerprint density at radius 1 is 1.67 bits per heavy atom. The number of nitrogens with one attached hydrogen (secondary N) is 1. The number of thioether (sulfide) groups is 1. The molecular weight excluding hydrogens is 186 g/mol. The minimum atomic E-state index is 0.613. The first-order valence-electron chi connectivity index (χ1n) is 4.07. The van der Waals surface area contributed by atoms with Crippen molar-refractivity contribution in [2.24, 2.45) is 0 Å². The first-order chi connectivity index (χ1) is 5.83. The second-order valence-corrected chi connectivity index (χ2v) is 4.76. The molecule has 1 aromatic heterocycles. The molecule has 0 spiro atoms. The molecule has 0 fully saturated rings. The van der Waals surface area contributed by atoms with Gasteiger partial charge in [0.1, 0.15) is 0 Å². The van der Waals surface area contributed by atoms with Crippen LogP contribution in [0.4, 0.5) is 0 Å². The lowest BCUT2D eigenvalue weighted by Crippen LogP contribution is -2.27. The molecule has 3 heteroatoms. The first-order valence-corrected chi connectivity index (χ1v) is 6.35. The summed E-state index contributed by atoms with van der Waals surface area (Å²) in [6.45, 7) is 3.24. The summed E-state index contributed by atoms with van der Waals surface area (Å²) in [6, 6.07) is 4.88. The van der Waals surface area contributed by atoms with Gasteiger partial charge < -0.3 is 5.32 Å². The Kier molecular flexibility index (Phi) is 4.73. The molecular formula is C9H15NS2. The summed E-state index contributed by atoms with van der Waals surface area (Å²) in [5.41, 5.74) is 0. The smallest absolute Gasteiger partial charge is 0.0302 e. The molecule has 1 atom stereocenters. The maximum absolute atomic E-state index is 3.48. The van der Waals surface area contributed by atoms with Gasteiger partial charge in [0.25, 0.3) is 0 Å². The number of hydrogen-bond acceptors (Lipinski definition) is 3. The van der Waals surface area contributed by atoms with E-state index in [2.05, 4.69) is 36.0 Å². The molecule has 0 radical (unpaired) electrons. The summed E-state index contributed by atoms with van der Waals surface area (Å²) in [6.07, 6.45) is 2.14. The highest BCUT2D eigenvalue weighted by Gasteiger charge is 1.99. The average Bonchev–Trinajstić information content (AvgIpc) is 2.53. The van der Waals surface area contributed by atoms with Crippen LogP contribution in [0.3, 0.4) is 0 Å². The Balaban J connectivity index is 2.17. The Morgan fingerprint density at radius 2 is 2.50 bits per heavy atom. The third-order valence-corrected chi connectivity index (χ3v) is 3.33. The van der Waals surface area contributed by atoms with Crippen LogP contribution < -0.4 is 5.32 Å². The zero-order chi connectivity index (χ0) is 8.81. The molecule has 12 heavy (non-hydrogen) atoms. The second kappa shape index (κ2) is 5.62. The molecule has 1 unspecified atom stereocenters. The van der Waals surface area contributed by atoms with E-state index in [1.165, 1.54) is 10.6 Å². The molecule has 0 saturated carbocycles. The molecule has 68 valence electrons. The highest BCUT2D eigenvalue weighted by Crippen LogP contribution is 2.08. The van der Waals surface area contributed by atoms with Gasteiger partial charge >= 0.3 is 0 Å². The van der Waals surface area contributed by atoms with Gasteiger partial charge in [-0.05, 0) is 24.6 Å². The Bertz CT molecular complexity index is 196. The van der Waals surface area contributed by atoms with Gasteiger partial charge in [0.05, 0.1) is 0 Å². The monoisotopic (exact) mass is 201 g/mol. The van der Waals surface area contributed by atoms with Gasteiger partial charge in [0, 0.05) is 23.2 Å². The molecule has 1 N–H and O–H groups in total. The summed E-state index contributed by atoms with van der Waals surface area (Å²) in [4.78, 5) is 1.42. The molecule has 1 nitrogen and oxygen atoms in total. The maximum Gasteiger partial charge on any atom is 0.0302 e. The van der Waals surface area contributed by atoms with Crippen molar-refractivity contribution in [1.82, 2.24) is 5.32 Å². The van der Waals surface area contributed by atoms with Crippen LogP contribution in [0.25, 0.3) is 0 Å². The third-order valence-electron chi connectivity index (χ3n) is 1.62. The van der Waals surface area contributed by atoms with Crippen LogP contribution in [-0.4, -0.2) is 18.1 Å². The number of rotatable bonds is 5. The van der Waals surface area contributed by atoms with E-state index in [1.54, 1.807) is 0 Å². The second-order valence-electron chi connectivity index (χ2n) is 2.82. The van der Waals surface area contributed by atoms with Gasteiger partial charge in [0.15, 0.2) is 0 Å². The van der Waals surface area contributed by atoms with Gasteiger partial charge in [-0.2, -0.15) is 11.8 Å². The van der Waals surface area contributed by atoms with E-state index in [4.69, 9.17) is 0 Å². The molecule has 1 aromatic rings. The van der Waals surface area contributed by atoms with Crippen LogP contribution in [0, 0.1) is 0 Å². The minimum absolute atomic E-state index is 0.613. The SMILES string of the molecule is CSCC(C)NCc1cccs1. The van der Waals surface area contributed by atoms with Crippen molar-refractivity contribution in [2.45, 2.75) is 19.5 Å². The fourth-order valence-electron chi connectivity index (χ4n) is 0.997. The normalized spacial score (nSPS) is 13.2. The molecule has 1 rings (SSSR count). The molecule has 0 amide bonds. The summed E-state index contributed by atoms with van der Waals surface area (Å²) < 4.78 is 0. The summed E-state index contributed by atoms with van der Waals surface area (Å²) in [7, 11) is 0. The third kappa shape index (κ3) is 3.61. The van der Waals surface area contributed by atoms with Crippen LogP contribution in [-0.2, 0) is 6.54 Å². The molecule has 0 aliphatic carbocycles. The Morgan fingerprint density at radius 3 is 3.08 bits per heavy atom. The molecule has 0 aliphatic rings. The van der Waals surface area contributed by atoms with Gasteiger partial charge in [-0.3, -0.25) is 0 Å². The molecule has 1 heterocycles. The fourth-order valence-corrected chi connectivity index (χ4v) is 2.27. The van der Waals surface area contributed by atoms with Gasteiger partial charge in [-0.1, -0.05) is 6.07 Å². The Hall–Kier alpha value is 0.01000. The fraction of sp³-hybridized carbons (Fsp3) is 0.556. The molecule has 0 saturated heterocycles. The zero-order valence-corrected chi connectivity index (χ0v) is 9.17. The minimum Gasteiger partial charge on any atom is -0.309 e.